The zero-order valence-electron chi connectivity index (χ0n) is 13.4. The van der Waals surface area contributed by atoms with Gasteiger partial charge >= 0.3 is 6.18 Å². The smallest absolute Gasteiger partial charge is 0.416 e. The highest BCUT2D eigenvalue weighted by atomic mass is 35.5. The van der Waals surface area contributed by atoms with E-state index in [0.717, 1.165) is 24.4 Å². The van der Waals surface area contributed by atoms with Crippen molar-refractivity contribution in [3.05, 3.63) is 62.8 Å². The molecule has 27 heavy (non-hydrogen) atoms. The maximum Gasteiger partial charge on any atom is 0.416 e. The van der Waals surface area contributed by atoms with Crippen molar-refractivity contribution in [2.24, 2.45) is 0 Å². The minimum Gasteiger partial charge on any atom is -0.471 e. The highest BCUT2D eigenvalue weighted by Crippen LogP contribution is 2.31. The third-order valence-corrected chi connectivity index (χ3v) is 4.21. The Kier molecular flexibility index (Phi) is 4.92. The van der Waals surface area contributed by atoms with Crippen LogP contribution in [0.2, 0.25) is 5.02 Å². The van der Waals surface area contributed by atoms with E-state index in [1.807, 2.05) is 0 Å². The minimum atomic E-state index is -4.51. The van der Waals surface area contributed by atoms with Crippen LogP contribution >= 0.6 is 11.6 Å². The second-order valence-corrected chi connectivity index (χ2v) is 6.16. The Balaban J connectivity index is 1.64. The van der Waals surface area contributed by atoms with Gasteiger partial charge in [0.05, 0.1) is 34.2 Å². The fourth-order valence-electron chi connectivity index (χ4n) is 2.46. The van der Waals surface area contributed by atoms with Gasteiger partial charge in [0.2, 0.25) is 5.88 Å². The third kappa shape index (κ3) is 4.11. The topological polar surface area (TPSA) is 85.6 Å². The Bertz CT molecular complexity index is 901. The Hall–Kier alpha value is -2.88. The van der Waals surface area contributed by atoms with Crippen LogP contribution < -0.4 is 4.74 Å². The predicted molar refractivity (Wildman–Crippen MR) is 87.7 cm³/mol. The number of hydrogen-bond acceptors (Lipinski definition) is 5. The predicted octanol–water partition coefficient (Wildman–Crippen LogP) is 3.57. The van der Waals surface area contributed by atoms with Gasteiger partial charge in [0.15, 0.2) is 0 Å². The summed E-state index contributed by atoms with van der Waals surface area (Å²) in [5.74, 6) is -0.726. The lowest BCUT2D eigenvalue weighted by Crippen LogP contribution is -2.56. The molecule has 7 nitrogen and oxygen atoms in total. The summed E-state index contributed by atoms with van der Waals surface area (Å²) < 4.78 is 43.4. The van der Waals surface area contributed by atoms with E-state index in [1.165, 1.54) is 17.0 Å². The number of carbonyl (C=O) groups excluding carboxylic acids is 1. The molecular weight excluding hydrogens is 391 g/mol. The number of rotatable bonds is 4. The van der Waals surface area contributed by atoms with Gasteiger partial charge in [-0.2, -0.15) is 13.2 Å². The molecule has 1 saturated heterocycles. The second kappa shape index (κ2) is 7.03. The average molecular weight is 402 g/mol. The lowest BCUT2D eigenvalue weighted by Gasteiger charge is -2.38. The molecule has 3 rings (SSSR count). The summed E-state index contributed by atoms with van der Waals surface area (Å²) >= 11 is 5.93. The van der Waals surface area contributed by atoms with Crippen LogP contribution in [0.3, 0.4) is 0 Å². The second-order valence-electron chi connectivity index (χ2n) is 5.75. The van der Waals surface area contributed by atoms with Gasteiger partial charge in [0, 0.05) is 24.4 Å². The van der Waals surface area contributed by atoms with Gasteiger partial charge in [-0.25, -0.2) is 4.98 Å². The number of non-ortho nitro benzene ring substituents is 1. The van der Waals surface area contributed by atoms with Gasteiger partial charge in [0.1, 0.15) is 6.10 Å². The quantitative estimate of drug-likeness (QED) is 0.577. The number of likely N-dealkylation sites (tertiary alicyclic amines) is 1. The lowest BCUT2D eigenvalue weighted by molar-refractivity contribution is -0.384. The van der Waals surface area contributed by atoms with Crippen molar-refractivity contribution in [2.75, 3.05) is 13.1 Å². The Morgan fingerprint density at radius 2 is 2.00 bits per heavy atom. The van der Waals surface area contributed by atoms with Crippen LogP contribution in [0.4, 0.5) is 18.9 Å². The number of nitro benzene ring substituents is 1. The van der Waals surface area contributed by atoms with E-state index in [4.69, 9.17) is 16.3 Å². The number of pyridine rings is 1. The normalized spacial score (nSPS) is 14.6. The van der Waals surface area contributed by atoms with E-state index in [0.29, 0.717) is 0 Å². The molecular formula is C16H11ClF3N3O4. The standard InChI is InChI=1S/C16H11ClF3N3O4/c17-13-2-1-10(23(25)26)6-12(13)15(24)22-7-11(8-22)27-14-5-9(3-4-21-14)16(18,19)20/h1-6,11H,7-8H2. The highest BCUT2D eigenvalue weighted by Gasteiger charge is 2.35. The number of nitro groups is 1. The van der Waals surface area contributed by atoms with E-state index in [1.54, 1.807) is 0 Å². The molecule has 1 fully saturated rings. The van der Waals surface area contributed by atoms with Crippen molar-refractivity contribution in [3.63, 3.8) is 0 Å². The molecule has 142 valence electrons. The van der Waals surface area contributed by atoms with Crippen molar-refractivity contribution in [3.8, 4) is 5.88 Å². The zero-order chi connectivity index (χ0) is 19.8. The zero-order valence-corrected chi connectivity index (χ0v) is 14.2. The number of carbonyl (C=O) groups is 1. The van der Waals surface area contributed by atoms with Crippen LogP contribution in [0.25, 0.3) is 0 Å². The summed E-state index contributed by atoms with van der Waals surface area (Å²) in [5, 5.41) is 10.9. The van der Waals surface area contributed by atoms with E-state index in [-0.39, 0.29) is 35.2 Å². The Morgan fingerprint density at radius 1 is 1.30 bits per heavy atom. The van der Waals surface area contributed by atoms with Crippen molar-refractivity contribution in [1.82, 2.24) is 9.88 Å². The molecule has 0 saturated carbocycles. The molecule has 0 aliphatic carbocycles. The number of hydrogen-bond donors (Lipinski definition) is 0. The molecule has 0 spiro atoms. The maximum absolute atomic E-state index is 12.7. The van der Waals surface area contributed by atoms with Gasteiger partial charge < -0.3 is 9.64 Å². The van der Waals surface area contributed by atoms with Gasteiger partial charge in [0.25, 0.3) is 11.6 Å². The summed E-state index contributed by atoms with van der Waals surface area (Å²) in [6.07, 6.45) is -4.06. The largest absolute Gasteiger partial charge is 0.471 e. The van der Waals surface area contributed by atoms with Crippen LogP contribution in [-0.4, -0.2) is 39.9 Å². The molecule has 2 heterocycles. The summed E-state index contributed by atoms with van der Waals surface area (Å²) in [7, 11) is 0. The molecule has 11 heteroatoms. The SMILES string of the molecule is O=C(c1cc([N+](=O)[O-])ccc1Cl)N1CC(Oc2cc(C(F)(F)F)ccn2)C1. The van der Waals surface area contributed by atoms with Crippen molar-refractivity contribution >= 4 is 23.2 Å². The van der Waals surface area contributed by atoms with E-state index in [9.17, 15) is 28.1 Å². The van der Waals surface area contributed by atoms with Gasteiger partial charge in [-0.05, 0) is 12.1 Å². The summed E-state index contributed by atoms with van der Waals surface area (Å²) in [5.41, 5.74) is -1.19. The van der Waals surface area contributed by atoms with Gasteiger partial charge in [-0.3, -0.25) is 14.9 Å². The first-order valence-electron chi connectivity index (χ1n) is 7.58. The maximum atomic E-state index is 12.7. The first-order chi connectivity index (χ1) is 12.6. The summed E-state index contributed by atoms with van der Waals surface area (Å²) in [6, 6.07) is 5.12. The van der Waals surface area contributed by atoms with E-state index in [2.05, 4.69) is 4.98 Å². The molecule has 1 aliphatic heterocycles. The molecule has 1 aromatic carbocycles. The minimum absolute atomic E-state index is 0.0264. The molecule has 0 radical (unpaired) electrons. The Morgan fingerprint density at radius 3 is 2.63 bits per heavy atom. The fourth-order valence-corrected chi connectivity index (χ4v) is 2.66. The Labute approximate surface area is 155 Å². The number of ether oxygens (including phenoxy) is 1. The number of aromatic nitrogens is 1. The number of benzene rings is 1. The number of alkyl halides is 3. The van der Waals surface area contributed by atoms with Crippen molar-refractivity contribution in [2.45, 2.75) is 12.3 Å². The van der Waals surface area contributed by atoms with Gasteiger partial charge in [-0.15, -0.1) is 0 Å². The van der Waals surface area contributed by atoms with Gasteiger partial charge in [-0.1, -0.05) is 11.6 Å². The molecule has 0 bridgehead atoms. The molecule has 1 aliphatic rings. The molecule has 0 N–H and O–H groups in total. The number of amides is 1. The van der Waals surface area contributed by atoms with E-state index >= 15 is 0 Å². The number of halogens is 4. The fraction of sp³-hybridized carbons (Fsp3) is 0.250. The first kappa shape index (κ1) is 18.9. The average Bonchev–Trinajstić information content (AvgIpc) is 2.57. The highest BCUT2D eigenvalue weighted by molar-refractivity contribution is 6.34. The molecule has 2 aromatic rings. The number of nitrogens with zero attached hydrogens (tertiary/aromatic N) is 3. The van der Waals surface area contributed by atoms with Crippen LogP contribution in [-0.2, 0) is 6.18 Å². The third-order valence-electron chi connectivity index (χ3n) is 3.88. The van der Waals surface area contributed by atoms with Crippen LogP contribution in [0.15, 0.2) is 36.5 Å². The van der Waals surface area contributed by atoms with Crippen LogP contribution in [0.1, 0.15) is 15.9 Å². The van der Waals surface area contributed by atoms with E-state index < -0.39 is 28.7 Å². The molecule has 0 atom stereocenters. The monoisotopic (exact) mass is 401 g/mol. The summed E-state index contributed by atoms with van der Waals surface area (Å²) in [4.78, 5) is 27.6. The van der Waals surface area contributed by atoms with Crippen LogP contribution in [0.5, 0.6) is 5.88 Å². The molecule has 1 amide bonds. The van der Waals surface area contributed by atoms with Crippen molar-refractivity contribution < 1.29 is 27.6 Å². The van der Waals surface area contributed by atoms with Crippen LogP contribution in [0, 0.1) is 10.1 Å². The summed E-state index contributed by atoms with van der Waals surface area (Å²) in [6.45, 7) is 0.186. The molecule has 1 aromatic heterocycles. The lowest BCUT2D eigenvalue weighted by atomic mass is 10.1. The molecule has 0 unspecified atom stereocenters. The van der Waals surface area contributed by atoms with Crippen molar-refractivity contribution in [1.29, 1.82) is 0 Å². The first-order valence-corrected chi connectivity index (χ1v) is 7.96.